The summed E-state index contributed by atoms with van der Waals surface area (Å²) in [5, 5.41) is 10.2. The van der Waals surface area contributed by atoms with Crippen LogP contribution in [0.3, 0.4) is 0 Å². The third-order valence-corrected chi connectivity index (χ3v) is 5.57. The first kappa shape index (κ1) is 29.5. The smallest absolute Gasteiger partial charge is 1.00 e. The number of amides is 1. The first-order valence-corrected chi connectivity index (χ1v) is 11.6. The van der Waals surface area contributed by atoms with Gasteiger partial charge in [0.25, 0.3) is 10.1 Å². The van der Waals surface area contributed by atoms with Gasteiger partial charge in [-0.25, -0.2) is 0 Å². The van der Waals surface area contributed by atoms with Gasteiger partial charge in [-0.3, -0.25) is 9.35 Å². The number of unbranched alkanes of at least 4 members (excludes halogenated alkanes) is 11. The standard InChI is InChI=1S/C19H39NO5S.Na.H/c1-4-5-6-7-8-9-10-11-12-13-14-15-16-17(26(23,24)25)18(21)20-19(2,3)22;;/h17,22H,4-16H2,1-3H3,(H,20,21)(H,23,24,25);;/q;+1;-1. The number of hydrogen-bond acceptors (Lipinski definition) is 4. The van der Waals surface area contributed by atoms with E-state index in [0.717, 1.165) is 19.3 Å². The van der Waals surface area contributed by atoms with Crippen molar-refractivity contribution in [2.45, 2.75) is 115 Å². The fourth-order valence-corrected chi connectivity index (χ4v) is 3.76. The van der Waals surface area contributed by atoms with Crippen LogP contribution in [0, 0.1) is 0 Å². The normalized spacial score (nSPS) is 13.1. The zero-order valence-corrected chi connectivity index (χ0v) is 20.6. The van der Waals surface area contributed by atoms with Crippen molar-refractivity contribution in [3.8, 4) is 0 Å². The molecule has 0 aromatic rings. The second kappa shape index (κ2) is 16.2. The Morgan fingerprint density at radius 1 is 0.926 bits per heavy atom. The summed E-state index contributed by atoms with van der Waals surface area (Å²) in [5.41, 5.74) is -1.52. The number of carbonyl (C=O) groups is 1. The molecule has 1 unspecified atom stereocenters. The molecule has 27 heavy (non-hydrogen) atoms. The molecule has 0 aliphatic carbocycles. The Morgan fingerprint density at radius 3 is 1.63 bits per heavy atom. The number of carbonyl (C=O) groups excluding carboxylic acids is 1. The first-order valence-electron chi connectivity index (χ1n) is 10.1. The van der Waals surface area contributed by atoms with Crippen LogP contribution in [0.5, 0.6) is 0 Å². The Hall–Kier alpha value is 0.340. The van der Waals surface area contributed by atoms with Gasteiger partial charge < -0.3 is 11.8 Å². The van der Waals surface area contributed by atoms with Gasteiger partial charge in [-0.05, 0) is 20.3 Å². The Bertz CT molecular complexity index is 483. The molecule has 0 saturated heterocycles. The summed E-state index contributed by atoms with van der Waals surface area (Å²) in [6.07, 6.45) is 13.9. The van der Waals surface area contributed by atoms with E-state index in [1.807, 2.05) is 0 Å². The van der Waals surface area contributed by atoms with E-state index in [1.165, 1.54) is 65.2 Å². The first-order chi connectivity index (χ1) is 12.1. The summed E-state index contributed by atoms with van der Waals surface area (Å²) < 4.78 is 32.1. The molecule has 0 bridgehead atoms. The monoisotopic (exact) mass is 417 g/mol. The number of hydrogen-bond donors (Lipinski definition) is 3. The molecule has 158 valence electrons. The third-order valence-electron chi connectivity index (χ3n) is 4.40. The minimum atomic E-state index is -4.47. The molecule has 6 nitrogen and oxygen atoms in total. The Kier molecular flexibility index (Phi) is 17.7. The Morgan fingerprint density at radius 2 is 1.30 bits per heavy atom. The van der Waals surface area contributed by atoms with Gasteiger partial charge in [0.2, 0.25) is 5.91 Å². The van der Waals surface area contributed by atoms with Crippen LogP contribution in [0.1, 0.15) is 106 Å². The van der Waals surface area contributed by atoms with Crippen molar-refractivity contribution in [3.63, 3.8) is 0 Å². The summed E-state index contributed by atoms with van der Waals surface area (Å²) in [6, 6.07) is 0. The maximum atomic E-state index is 11.9. The van der Waals surface area contributed by atoms with Crippen molar-refractivity contribution in [2.75, 3.05) is 0 Å². The maximum absolute atomic E-state index is 11.9. The van der Waals surface area contributed by atoms with Crippen molar-refractivity contribution >= 4 is 16.0 Å². The van der Waals surface area contributed by atoms with Crippen molar-refractivity contribution < 1.29 is 53.9 Å². The summed E-state index contributed by atoms with van der Waals surface area (Å²) in [4.78, 5) is 11.9. The van der Waals surface area contributed by atoms with E-state index in [-0.39, 0.29) is 37.4 Å². The fourth-order valence-electron chi connectivity index (χ4n) is 2.97. The zero-order valence-electron chi connectivity index (χ0n) is 18.8. The molecule has 1 amide bonds. The third kappa shape index (κ3) is 18.1. The summed E-state index contributed by atoms with van der Waals surface area (Å²) in [7, 11) is -4.47. The molecule has 0 aromatic heterocycles. The average molecular weight is 418 g/mol. The topological polar surface area (TPSA) is 104 Å². The molecule has 0 aliphatic heterocycles. The van der Waals surface area contributed by atoms with E-state index >= 15 is 0 Å². The van der Waals surface area contributed by atoms with Gasteiger partial charge in [-0.15, -0.1) is 0 Å². The number of rotatable bonds is 16. The molecule has 3 N–H and O–H groups in total. The van der Waals surface area contributed by atoms with Crippen LogP contribution in [0.2, 0.25) is 0 Å². The van der Waals surface area contributed by atoms with Gasteiger partial charge in [0.05, 0.1) is 0 Å². The van der Waals surface area contributed by atoms with Crippen molar-refractivity contribution in [1.29, 1.82) is 0 Å². The predicted molar refractivity (Wildman–Crippen MR) is 107 cm³/mol. The largest absolute Gasteiger partial charge is 1.00 e. The van der Waals surface area contributed by atoms with E-state index in [1.54, 1.807) is 0 Å². The molecule has 0 fully saturated rings. The molecule has 0 aliphatic rings. The quantitative estimate of drug-likeness (QED) is 0.152. The second-order valence-electron chi connectivity index (χ2n) is 7.73. The summed E-state index contributed by atoms with van der Waals surface area (Å²) >= 11 is 0. The van der Waals surface area contributed by atoms with Gasteiger partial charge in [-0.2, -0.15) is 8.42 Å². The second-order valence-corrected chi connectivity index (χ2v) is 9.33. The van der Waals surface area contributed by atoms with Crippen LogP contribution in [0.4, 0.5) is 0 Å². The summed E-state index contributed by atoms with van der Waals surface area (Å²) in [5.74, 6) is -0.858. The van der Waals surface area contributed by atoms with Gasteiger partial charge in [0.15, 0.2) is 5.25 Å². The molecule has 1 atom stereocenters. The van der Waals surface area contributed by atoms with Crippen molar-refractivity contribution in [1.82, 2.24) is 5.32 Å². The van der Waals surface area contributed by atoms with Crippen LogP contribution in [-0.2, 0) is 14.9 Å². The molecule has 0 radical (unpaired) electrons. The van der Waals surface area contributed by atoms with E-state index in [0.29, 0.717) is 6.42 Å². The molecule has 0 saturated carbocycles. The predicted octanol–water partition coefficient (Wildman–Crippen LogP) is 1.30. The van der Waals surface area contributed by atoms with E-state index in [4.69, 9.17) is 0 Å². The minimum Gasteiger partial charge on any atom is -1.00 e. The van der Waals surface area contributed by atoms with Crippen LogP contribution < -0.4 is 34.9 Å². The number of aliphatic hydroxyl groups is 1. The molecule has 0 heterocycles. The molecule has 8 heteroatoms. The van der Waals surface area contributed by atoms with E-state index < -0.39 is 27.0 Å². The van der Waals surface area contributed by atoms with Gasteiger partial charge in [0, 0.05) is 0 Å². The van der Waals surface area contributed by atoms with Gasteiger partial charge in [-0.1, -0.05) is 84.0 Å². The van der Waals surface area contributed by atoms with Crippen LogP contribution >= 0.6 is 0 Å². The fraction of sp³-hybridized carbons (Fsp3) is 0.947. The molecule has 0 spiro atoms. The van der Waals surface area contributed by atoms with Gasteiger partial charge >= 0.3 is 29.6 Å². The molecule has 0 rings (SSSR count). The van der Waals surface area contributed by atoms with Crippen molar-refractivity contribution in [2.24, 2.45) is 0 Å². The van der Waals surface area contributed by atoms with Crippen LogP contribution in [0.25, 0.3) is 0 Å². The SMILES string of the molecule is CCCCCCCCCCCCCCC(C(=O)NC(C)(C)O)S(=O)(=O)O.[H-].[Na+]. The molecular formula is C19H40NNaO5S. The maximum Gasteiger partial charge on any atom is 1.00 e. The minimum absolute atomic E-state index is 0. The van der Waals surface area contributed by atoms with E-state index in [9.17, 15) is 22.9 Å². The van der Waals surface area contributed by atoms with Gasteiger partial charge in [0.1, 0.15) is 5.72 Å². The summed E-state index contributed by atoms with van der Waals surface area (Å²) in [6.45, 7) is 4.91. The van der Waals surface area contributed by atoms with E-state index in [2.05, 4.69) is 12.2 Å². The van der Waals surface area contributed by atoms with Crippen LogP contribution in [0.15, 0.2) is 0 Å². The zero-order chi connectivity index (χ0) is 20.1. The molecular weight excluding hydrogens is 377 g/mol. The Balaban J connectivity index is -0.00000312. The average Bonchev–Trinajstić information content (AvgIpc) is 2.48. The van der Waals surface area contributed by atoms with Crippen LogP contribution in [-0.4, -0.2) is 35.0 Å². The molecule has 0 aromatic carbocycles. The number of nitrogens with one attached hydrogen (secondary N) is 1. The van der Waals surface area contributed by atoms with Crippen molar-refractivity contribution in [3.05, 3.63) is 0 Å². The Labute approximate surface area is 189 Å².